The molecule has 0 amide bonds. The van der Waals surface area contributed by atoms with Crippen LogP contribution in [0.3, 0.4) is 0 Å². The molecule has 0 heterocycles. The van der Waals surface area contributed by atoms with Crippen LogP contribution in [0.1, 0.15) is 21.5 Å². The van der Waals surface area contributed by atoms with Gasteiger partial charge in [0, 0.05) is 23.3 Å². The topological polar surface area (TPSA) is 93.2 Å². The SMILES string of the molecule is N#Cc1cc([N+](=O)[O-])ccc1Oc1ccc(C(=O)c2ccccc2)cc1. The Labute approximate surface area is 149 Å². The zero-order valence-corrected chi connectivity index (χ0v) is 13.5. The van der Waals surface area contributed by atoms with Crippen molar-refractivity contribution in [2.75, 3.05) is 0 Å². The summed E-state index contributed by atoms with van der Waals surface area (Å²) in [6.45, 7) is 0. The standard InChI is InChI=1S/C20H12N2O4/c21-13-16-12-17(22(24)25)8-11-19(16)26-18-9-6-15(7-10-18)20(23)14-4-2-1-3-5-14/h1-12H. The molecule has 0 saturated carbocycles. The first-order chi connectivity index (χ1) is 12.6. The maximum Gasteiger partial charge on any atom is 0.271 e. The van der Waals surface area contributed by atoms with E-state index in [0.717, 1.165) is 6.07 Å². The summed E-state index contributed by atoms with van der Waals surface area (Å²) >= 11 is 0. The van der Waals surface area contributed by atoms with Crippen molar-refractivity contribution in [1.82, 2.24) is 0 Å². The molecule has 0 aliphatic heterocycles. The second-order valence-electron chi connectivity index (χ2n) is 5.37. The molecule has 0 aliphatic carbocycles. The minimum absolute atomic E-state index is 0.0589. The number of nitro groups is 1. The van der Waals surface area contributed by atoms with Gasteiger partial charge in [-0.15, -0.1) is 0 Å². The predicted molar refractivity (Wildman–Crippen MR) is 94.2 cm³/mol. The number of ether oxygens (including phenoxy) is 1. The van der Waals surface area contributed by atoms with Gasteiger partial charge in [-0.25, -0.2) is 0 Å². The average molecular weight is 344 g/mol. The van der Waals surface area contributed by atoms with Crippen LogP contribution in [0.15, 0.2) is 72.8 Å². The van der Waals surface area contributed by atoms with Crippen LogP contribution in [0.2, 0.25) is 0 Å². The molecule has 0 aromatic heterocycles. The Morgan fingerprint density at radius 2 is 1.62 bits per heavy atom. The number of nitrogens with zero attached hydrogens (tertiary/aromatic N) is 2. The van der Waals surface area contributed by atoms with Crippen molar-refractivity contribution < 1.29 is 14.5 Å². The maximum absolute atomic E-state index is 12.4. The molecule has 6 heteroatoms. The van der Waals surface area contributed by atoms with Crippen LogP contribution in [0.25, 0.3) is 0 Å². The van der Waals surface area contributed by atoms with Crippen molar-refractivity contribution in [2.24, 2.45) is 0 Å². The number of hydrogen-bond donors (Lipinski definition) is 0. The van der Waals surface area contributed by atoms with Gasteiger partial charge in [-0.2, -0.15) is 5.26 Å². The Bertz CT molecular complexity index is 1010. The Morgan fingerprint density at radius 1 is 0.962 bits per heavy atom. The van der Waals surface area contributed by atoms with Gasteiger partial charge >= 0.3 is 0 Å². The third kappa shape index (κ3) is 3.57. The fraction of sp³-hybridized carbons (Fsp3) is 0. The molecule has 6 nitrogen and oxygen atoms in total. The first-order valence-corrected chi connectivity index (χ1v) is 7.64. The highest BCUT2D eigenvalue weighted by Crippen LogP contribution is 2.28. The molecule has 0 radical (unpaired) electrons. The third-order valence-electron chi connectivity index (χ3n) is 3.67. The van der Waals surface area contributed by atoms with Crippen LogP contribution >= 0.6 is 0 Å². The number of carbonyl (C=O) groups excluding carboxylic acids is 1. The highest BCUT2D eigenvalue weighted by molar-refractivity contribution is 6.08. The van der Waals surface area contributed by atoms with Gasteiger partial charge in [-0.1, -0.05) is 30.3 Å². The average Bonchev–Trinajstić information content (AvgIpc) is 2.69. The van der Waals surface area contributed by atoms with Gasteiger partial charge in [-0.05, 0) is 30.3 Å². The van der Waals surface area contributed by atoms with E-state index in [9.17, 15) is 14.9 Å². The van der Waals surface area contributed by atoms with Crippen molar-refractivity contribution in [3.8, 4) is 17.6 Å². The predicted octanol–water partition coefficient (Wildman–Crippen LogP) is 4.49. The summed E-state index contributed by atoms with van der Waals surface area (Å²) in [6, 6.07) is 21.1. The van der Waals surface area contributed by atoms with Crippen LogP contribution in [-0.2, 0) is 0 Å². The molecule has 3 aromatic carbocycles. The summed E-state index contributed by atoms with van der Waals surface area (Å²) < 4.78 is 5.62. The molecule has 0 aliphatic rings. The van der Waals surface area contributed by atoms with E-state index in [2.05, 4.69) is 0 Å². The zero-order chi connectivity index (χ0) is 18.5. The molecular formula is C20H12N2O4. The number of rotatable bonds is 5. The Hall–Kier alpha value is -3.98. The summed E-state index contributed by atoms with van der Waals surface area (Å²) in [5.74, 6) is 0.519. The Kier molecular flexibility index (Phi) is 4.72. The van der Waals surface area contributed by atoms with Crippen LogP contribution in [0.5, 0.6) is 11.5 Å². The van der Waals surface area contributed by atoms with Gasteiger partial charge in [0.05, 0.1) is 4.92 Å². The number of nitriles is 1. The van der Waals surface area contributed by atoms with Crippen molar-refractivity contribution in [1.29, 1.82) is 5.26 Å². The molecule has 3 aromatic rings. The van der Waals surface area contributed by atoms with E-state index in [-0.39, 0.29) is 22.8 Å². The molecule has 0 unspecified atom stereocenters. The lowest BCUT2D eigenvalue weighted by Crippen LogP contribution is -2.00. The molecule has 0 spiro atoms. The molecule has 0 atom stereocenters. The molecule has 0 bridgehead atoms. The highest BCUT2D eigenvalue weighted by atomic mass is 16.6. The first kappa shape index (κ1) is 16.9. The fourth-order valence-electron chi connectivity index (χ4n) is 2.37. The number of benzene rings is 3. The van der Waals surface area contributed by atoms with E-state index in [0.29, 0.717) is 16.9 Å². The molecule has 0 N–H and O–H groups in total. The van der Waals surface area contributed by atoms with Gasteiger partial charge in [-0.3, -0.25) is 14.9 Å². The molecule has 0 fully saturated rings. The lowest BCUT2D eigenvalue weighted by atomic mass is 10.0. The lowest BCUT2D eigenvalue weighted by molar-refractivity contribution is -0.384. The van der Waals surface area contributed by atoms with Crippen LogP contribution in [0, 0.1) is 21.4 Å². The minimum Gasteiger partial charge on any atom is -0.456 e. The van der Waals surface area contributed by atoms with Gasteiger partial charge in [0.25, 0.3) is 5.69 Å². The zero-order valence-electron chi connectivity index (χ0n) is 13.5. The largest absolute Gasteiger partial charge is 0.456 e. The van der Waals surface area contributed by atoms with Crippen LogP contribution in [-0.4, -0.2) is 10.7 Å². The van der Waals surface area contributed by atoms with Gasteiger partial charge in [0.1, 0.15) is 23.1 Å². The number of hydrogen-bond acceptors (Lipinski definition) is 5. The second-order valence-corrected chi connectivity index (χ2v) is 5.37. The molecule has 3 rings (SSSR count). The van der Waals surface area contributed by atoms with E-state index in [1.165, 1.54) is 12.1 Å². The third-order valence-corrected chi connectivity index (χ3v) is 3.67. The minimum atomic E-state index is -0.575. The van der Waals surface area contributed by atoms with E-state index in [1.54, 1.807) is 48.5 Å². The number of ketones is 1. The summed E-state index contributed by atoms with van der Waals surface area (Å²) in [4.78, 5) is 22.6. The second kappa shape index (κ2) is 7.28. The Morgan fingerprint density at radius 3 is 2.23 bits per heavy atom. The van der Waals surface area contributed by atoms with E-state index in [4.69, 9.17) is 10.00 Å². The first-order valence-electron chi connectivity index (χ1n) is 7.64. The number of carbonyl (C=O) groups is 1. The quantitative estimate of drug-likeness (QED) is 0.386. The van der Waals surface area contributed by atoms with Gasteiger partial charge < -0.3 is 4.74 Å². The highest BCUT2D eigenvalue weighted by Gasteiger charge is 2.13. The summed E-state index contributed by atoms with van der Waals surface area (Å²) in [6.07, 6.45) is 0. The monoisotopic (exact) mass is 344 g/mol. The van der Waals surface area contributed by atoms with Crippen molar-refractivity contribution >= 4 is 11.5 Å². The summed E-state index contributed by atoms with van der Waals surface area (Å²) in [7, 11) is 0. The number of non-ortho nitro benzene ring substituents is 1. The normalized spacial score (nSPS) is 9.96. The number of nitro benzene ring substituents is 1. The van der Waals surface area contributed by atoms with Crippen molar-refractivity contribution in [3.05, 3.63) is 99.6 Å². The van der Waals surface area contributed by atoms with Gasteiger partial charge in [0.2, 0.25) is 0 Å². The van der Waals surface area contributed by atoms with E-state index >= 15 is 0 Å². The van der Waals surface area contributed by atoms with Crippen LogP contribution in [0.4, 0.5) is 5.69 Å². The lowest BCUT2D eigenvalue weighted by Gasteiger charge is -2.08. The van der Waals surface area contributed by atoms with Crippen molar-refractivity contribution in [2.45, 2.75) is 0 Å². The summed E-state index contributed by atoms with van der Waals surface area (Å²) in [5.41, 5.74) is 0.970. The smallest absolute Gasteiger partial charge is 0.271 e. The molecular weight excluding hydrogens is 332 g/mol. The molecule has 26 heavy (non-hydrogen) atoms. The fourth-order valence-corrected chi connectivity index (χ4v) is 2.37. The van der Waals surface area contributed by atoms with E-state index in [1.807, 2.05) is 12.1 Å². The van der Waals surface area contributed by atoms with E-state index < -0.39 is 4.92 Å². The summed E-state index contributed by atoms with van der Waals surface area (Å²) in [5, 5.41) is 19.9. The van der Waals surface area contributed by atoms with Gasteiger partial charge in [0.15, 0.2) is 5.78 Å². The molecule has 126 valence electrons. The maximum atomic E-state index is 12.4. The molecule has 0 saturated heterocycles. The Balaban J connectivity index is 1.81. The van der Waals surface area contributed by atoms with Crippen molar-refractivity contribution in [3.63, 3.8) is 0 Å². The van der Waals surface area contributed by atoms with Crippen LogP contribution < -0.4 is 4.74 Å².